The second-order valence-corrected chi connectivity index (χ2v) is 14.3. The lowest BCUT2D eigenvalue weighted by atomic mass is 9.88. The third-order valence-electron chi connectivity index (χ3n) is 10.0. The Morgan fingerprint density at radius 2 is 1.54 bits per heavy atom. The molecule has 0 fully saturated rings. The number of nitro benzene ring substituents is 2. The van der Waals surface area contributed by atoms with Crippen LogP contribution in [0, 0.1) is 25.6 Å². The van der Waals surface area contributed by atoms with E-state index in [1.54, 1.807) is 13.8 Å². The molecule has 4 N–H and O–H groups in total. The molecule has 2 unspecified atom stereocenters. The summed E-state index contributed by atoms with van der Waals surface area (Å²) in [6.07, 6.45) is 1.91. The van der Waals surface area contributed by atoms with Crippen LogP contribution in [0.5, 0.6) is 0 Å². The highest BCUT2D eigenvalue weighted by Gasteiger charge is 2.33. The number of hydrogen-bond donors (Lipinski definition) is 4. The molecule has 2 amide bonds. The number of aliphatic carboxylic acids is 1. The highest BCUT2D eigenvalue weighted by Crippen LogP contribution is 2.44. The molecule has 0 saturated heterocycles. The first kappa shape index (κ1) is 41.2. The quantitative estimate of drug-likeness (QED) is 0.0486. The number of non-ortho nitro benzene ring substituents is 1. The van der Waals surface area contributed by atoms with Gasteiger partial charge in [-0.15, -0.1) is 0 Å². The van der Waals surface area contributed by atoms with Crippen molar-refractivity contribution < 1.29 is 38.8 Å². The molecule has 3 aromatic carbocycles. The normalized spacial score (nSPS) is 13.9. The predicted molar refractivity (Wildman–Crippen MR) is 202 cm³/mol. The molecule has 4 rings (SSSR count). The number of carbonyl (C=O) groups excluding carboxylic acids is 2. The Kier molecular flexibility index (Phi) is 14.1. The van der Waals surface area contributed by atoms with Crippen LogP contribution in [-0.4, -0.2) is 70.9 Å². The number of carboxylic acids is 1. The van der Waals surface area contributed by atoms with Crippen molar-refractivity contribution in [1.29, 1.82) is 0 Å². The van der Waals surface area contributed by atoms with Gasteiger partial charge in [0.05, 0.1) is 21.5 Å². The van der Waals surface area contributed by atoms with Crippen LogP contribution < -0.4 is 16.0 Å². The van der Waals surface area contributed by atoms with Gasteiger partial charge in [0.1, 0.15) is 18.3 Å². The molecule has 0 bridgehead atoms. The van der Waals surface area contributed by atoms with Crippen LogP contribution in [0.3, 0.4) is 0 Å². The van der Waals surface area contributed by atoms with Gasteiger partial charge in [0, 0.05) is 37.1 Å². The summed E-state index contributed by atoms with van der Waals surface area (Å²) in [4.78, 5) is 58.7. The van der Waals surface area contributed by atoms with Crippen molar-refractivity contribution in [1.82, 2.24) is 10.6 Å². The SMILES string of the molecule is CCC(C)(CCNC(=O)OCC1c2ccccc2-c2ccccc21)OCCC(C)(C)C(=O)NC(CCCCNc1ccc([N+](=O)[O-])cc1[N+](=O)[O-])C(=O)O. The molecule has 1 aliphatic rings. The summed E-state index contributed by atoms with van der Waals surface area (Å²) >= 11 is 0. The molecule has 0 heterocycles. The Labute approximate surface area is 314 Å². The number of nitrogens with zero attached hydrogens (tertiary/aromatic N) is 2. The predicted octanol–water partition coefficient (Wildman–Crippen LogP) is 7.19. The summed E-state index contributed by atoms with van der Waals surface area (Å²) in [6.45, 7) is 8.37. The molecule has 1 aliphatic carbocycles. The topological polar surface area (TPSA) is 212 Å². The fourth-order valence-electron chi connectivity index (χ4n) is 6.34. The van der Waals surface area contributed by atoms with E-state index in [1.807, 2.05) is 38.1 Å². The number of alkyl carbamates (subject to hydrolysis) is 1. The largest absolute Gasteiger partial charge is 0.480 e. The fraction of sp³-hybridized carbons (Fsp3) is 0.462. The molecule has 2 atom stereocenters. The van der Waals surface area contributed by atoms with Crippen LogP contribution in [-0.2, 0) is 19.1 Å². The zero-order chi connectivity index (χ0) is 39.5. The van der Waals surface area contributed by atoms with Crippen molar-refractivity contribution in [3.8, 4) is 11.1 Å². The van der Waals surface area contributed by atoms with Crippen molar-refractivity contribution in [3.63, 3.8) is 0 Å². The van der Waals surface area contributed by atoms with Gasteiger partial charge < -0.3 is 30.5 Å². The summed E-state index contributed by atoms with van der Waals surface area (Å²) in [5, 5.41) is 40.4. The summed E-state index contributed by atoms with van der Waals surface area (Å²) in [6, 6.07) is 18.4. The number of hydrogen-bond acceptors (Lipinski definition) is 10. The molecule has 3 aromatic rings. The highest BCUT2D eigenvalue weighted by atomic mass is 16.6. The number of fused-ring (bicyclic) bond motifs is 3. The lowest BCUT2D eigenvalue weighted by Crippen LogP contribution is -2.47. The van der Waals surface area contributed by atoms with Crippen LogP contribution >= 0.6 is 0 Å². The lowest BCUT2D eigenvalue weighted by Gasteiger charge is -2.31. The minimum atomic E-state index is -1.18. The van der Waals surface area contributed by atoms with Crippen LogP contribution in [0.2, 0.25) is 0 Å². The minimum Gasteiger partial charge on any atom is -0.480 e. The fourth-order valence-corrected chi connectivity index (χ4v) is 6.34. The van der Waals surface area contributed by atoms with Crippen molar-refractivity contribution >= 4 is 35.0 Å². The molecule has 290 valence electrons. The maximum atomic E-state index is 13.2. The van der Waals surface area contributed by atoms with Gasteiger partial charge in [-0.3, -0.25) is 25.0 Å². The van der Waals surface area contributed by atoms with Gasteiger partial charge in [0.2, 0.25) is 5.91 Å². The van der Waals surface area contributed by atoms with Crippen LogP contribution in [0.4, 0.5) is 21.9 Å². The number of rotatable bonds is 21. The minimum absolute atomic E-state index is 0.0366. The number of carboxylic acid groups (broad SMARTS) is 1. The number of carbonyl (C=O) groups is 3. The number of amides is 2. The standard InChI is InChI=1S/C39H49N5O10/c1-5-39(4,19-22-41-37(48)53-25-31-29-14-8-6-12-27(29)28-13-7-9-15-30(28)31)54-23-20-38(2,3)36(47)42-33(35(45)46)16-10-11-21-40-32-18-17-26(43(49)50)24-34(32)44(51)52/h6-9,12-15,17-18,24,31,33,40H,5,10-11,16,19-23,25H2,1-4H3,(H,41,48)(H,42,47)(H,45,46). The number of anilines is 1. The first-order chi connectivity index (χ1) is 25.7. The smallest absolute Gasteiger partial charge is 0.407 e. The van der Waals surface area contributed by atoms with E-state index in [4.69, 9.17) is 9.47 Å². The summed E-state index contributed by atoms with van der Waals surface area (Å²) in [5.74, 6) is -1.66. The highest BCUT2D eigenvalue weighted by molar-refractivity contribution is 5.87. The number of benzene rings is 3. The van der Waals surface area contributed by atoms with Crippen LogP contribution in [0.15, 0.2) is 66.7 Å². The van der Waals surface area contributed by atoms with Crippen molar-refractivity contribution in [2.24, 2.45) is 5.41 Å². The van der Waals surface area contributed by atoms with Gasteiger partial charge in [-0.05, 0) is 73.8 Å². The van der Waals surface area contributed by atoms with E-state index in [0.717, 1.165) is 34.4 Å². The molecular formula is C39H49N5O10. The molecule has 0 spiro atoms. The number of unbranched alkanes of at least 4 members (excludes halogenated alkanes) is 1. The van der Waals surface area contributed by atoms with Gasteiger partial charge in [-0.1, -0.05) is 69.3 Å². The van der Waals surface area contributed by atoms with E-state index in [9.17, 15) is 39.7 Å². The molecule has 54 heavy (non-hydrogen) atoms. The second kappa shape index (κ2) is 18.5. The van der Waals surface area contributed by atoms with Gasteiger partial charge >= 0.3 is 12.1 Å². The van der Waals surface area contributed by atoms with Crippen LogP contribution in [0.25, 0.3) is 11.1 Å². The second-order valence-electron chi connectivity index (χ2n) is 14.3. The molecule has 15 nitrogen and oxygen atoms in total. The van der Waals surface area contributed by atoms with E-state index in [2.05, 4.69) is 40.2 Å². The average molecular weight is 748 g/mol. The van der Waals surface area contributed by atoms with Gasteiger partial charge in [-0.2, -0.15) is 0 Å². The Morgan fingerprint density at radius 3 is 2.13 bits per heavy atom. The van der Waals surface area contributed by atoms with E-state index >= 15 is 0 Å². The maximum Gasteiger partial charge on any atom is 0.407 e. The Hall–Kier alpha value is -5.57. The van der Waals surface area contributed by atoms with E-state index in [1.165, 1.54) is 6.07 Å². The number of ether oxygens (including phenoxy) is 2. The number of nitrogens with one attached hydrogen (secondary N) is 3. The third kappa shape index (κ3) is 10.7. The first-order valence-corrected chi connectivity index (χ1v) is 18.1. The maximum absolute atomic E-state index is 13.2. The molecule has 0 saturated carbocycles. The zero-order valence-corrected chi connectivity index (χ0v) is 31.1. The first-order valence-electron chi connectivity index (χ1n) is 18.1. The van der Waals surface area contributed by atoms with E-state index < -0.39 is 56.2 Å². The van der Waals surface area contributed by atoms with Gasteiger partial charge in [0.15, 0.2) is 0 Å². The third-order valence-corrected chi connectivity index (χ3v) is 10.0. The molecule has 15 heteroatoms. The van der Waals surface area contributed by atoms with E-state index in [0.29, 0.717) is 38.6 Å². The Morgan fingerprint density at radius 1 is 0.889 bits per heavy atom. The molecule has 0 aromatic heterocycles. The van der Waals surface area contributed by atoms with Crippen molar-refractivity contribution in [3.05, 3.63) is 98.1 Å². The van der Waals surface area contributed by atoms with E-state index in [-0.39, 0.29) is 37.8 Å². The zero-order valence-electron chi connectivity index (χ0n) is 31.1. The molecule has 0 aliphatic heterocycles. The molecule has 0 radical (unpaired) electrons. The Balaban J connectivity index is 1.17. The van der Waals surface area contributed by atoms with Crippen molar-refractivity contribution in [2.75, 3.05) is 31.6 Å². The van der Waals surface area contributed by atoms with Gasteiger partial charge in [0.25, 0.3) is 11.4 Å². The van der Waals surface area contributed by atoms with Gasteiger partial charge in [-0.25, -0.2) is 9.59 Å². The summed E-state index contributed by atoms with van der Waals surface area (Å²) < 4.78 is 11.9. The monoisotopic (exact) mass is 747 g/mol. The Bertz CT molecular complexity index is 1790. The number of nitro groups is 2. The lowest BCUT2D eigenvalue weighted by molar-refractivity contribution is -0.393. The average Bonchev–Trinajstić information content (AvgIpc) is 3.46. The molecular weight excluding hydrogens is 698 g/mol. The summed E-state index contributed by atoms with van der Waals surface area (Å²) in [7, 11) is 0. The summed E-state index contributed by atoms with van der Waals surface area (Å²) in [5.41, 5.74) is 2.32. The van der Waals surface area contributed by atoms with Crippen LogP contribution in [0.1, 0.15) is 83.3 Å². The van der Waals surface area contributed by atoms with Crippen molar-refractivity contribution in [2.45, 2.75) is 83.8 Å².